The SMILES string of the molecule is O=C(O)C(C(=O)O)C1=CN=Cc2ccccc2N1C(C(=O)O)C(=O)O. The van der Waals surface area contributed by atoms with E-state index in [1.165, 1.54) is 24.4 Å². The molecule has 1 heterocycles. The summed E-state index contributed by atoms with van der Waals surface area (Å²) in [5.74, 6) is -9.35. The molecule has 0 aliphatic carbocycles. The van der Waals surface area contributed by atoms with Crippen LogP contribution in [0.4, 0.5) is 5.69 Å². The lowest BCUT2D eigenvalue weighted by Crippen LogP contribution is -2.49. The molecule has 1 aliphatic rings. The van der Waals surface area contributed by atoms with Gasteiger partial charge < -0.3 is 25.3 Å². The third-order valence-corrected chi connectivity index (χ3v) is 3.41. The van der Waals surface area contributed by atoms with Gasteiger partial charge in [0.05, 0.1) is 11.4 Å². The molecular formula is C15H12N2O8. The van der Waals surface area contributed by atoms with Gasteiger partial charge in [-0.05, 0) is 6.07 Å². The molecule has 25 heavy (non-hydrogen) atoms. The Hall–Kier alpha value is -3.69. The third kappa shape index (κ3) is 3.32. The van der Waals surface area contributed by atoms with E-state index in [-0.39, 0.29) is 5.69 Å². The number of fused-ring (bicyclic) bond motifs is 1. The number of para-hydroxylation sites is 1. The first-order valence-electron chi connectivity index (χ1n) is 6.78. The second kappa shape index (κ2) is 6.83. The monoisotopic (exact) mass is 348 g/mol. The molecule has 1 aromatic carbocycles. The lowest BCUT2D eigenvalue weighted by molar-refractivity contribution is -0.155. The topological polar surface area (TPSA) is 165 Å². The molecule has 0 saturated carbocycles. The first-order chi connectivity index (χ1) is 11.8. The van der Waals surface area contributed by atoms with Crippen LogP contribution in [0.5, 0.6) is 0 Å². The Balaban J connectivity index is 2.76. The van der Waals surface area contributed by atoms with E-state index in [0.29, 0.717) is 10.5 Å². The molecule has 0 radical (unpaired) electrons. The Morgan fingerprint density at radius 3 is 1.96 bits per heavy atom. The molecular weight excluding hydrogens is 336 g/mol. The van der Waals surface area contributed by atoms with Crippen molar-refractivity contribution in [2.75, 3.05) is 4.90 Å². The maximum absolute atomic E-state index is 11.5. The fourth-order valence-corrected chi connectivity index (χ4v) is 2.40. The van der Waals surface area contributed by atoms with Gasteiger partial charge in [0.25, 0.3) is 0 Å². The molecule has 0 unspecified atom stereocenters. The molecule has 0 fully saturated rings. The minimum absolute atomic E-state index is 0.0114. The van der Waals surface area contributed by atoms with Crippen LogP contribution in [0.25, 0.3) is 0 Å². The van der Waals surface area contributed by atoms with Gasteiger partial charge in [0.15, 0.2) is 5.92 Å². The minimum Gasteiger partial charge on any atom is -0.480 e. The van der Waals surface area contributed by atoms with Gasteiger partial charge in [-0.15, -0.1) is 0 Å². The standard InChI is InChI=1S/C15H12N2O8/c18-12(19)10(13(20)21)9-6-16-5-7-3-1-2-4-8(7)17(9)11(14(22)23)15(24)25/h1-6,10-11H,(H,18,19)(H,20,21)(H,22,23)(H,24,25). The molecule has 0 saturated heterocycles. The van der Waals surface area contributed by atoms with Crippen LogP contribution >= 0.6 is 0 Å². The second-order valence-electron chi connectivity index (χ2n) is 4.95. The van der Waals surface area contributed by atoms with E-state index < -0.39 is 41.5 Å². The Morgan fingerprint density at radius 2 is 1.44 bits per heavy atom. The van der Waals surface area contributed by atoms with Gasteiger partial charge in [0.1, 0.15) is 0 Å². The van der Waals surface area contributed by atoms with Crippen molar-refractivity contribution in [2.45, 2.75) is 6.04 Å². The highest BCUT2D eigenvalue weighted by atomic mass is 16.4. The average Bonchev–Trinajstić information content (AvgIpc) is 2.67. The van der Waals surface area contributed by atoms with Crippen LogP contribution < -0.4 is 4.90 Å². The summed E-state index contributed by atoms with van der Waals surface area (Å²) >= 11 is 0. The molecule has 10 heteroatoms. The summed E-state index contributed by atoms with van der Waals surface area (Å²) in [7, 11) is 0. The van der Waals surface area contributed by atoms with Crippen LogP contribution in [0.15, 0.2) is 41.2 Å². The number of carbonyl (C=O) groups is 4. The van der Waals surface area contributed by atoms with Crippen LogP contribution in [0.3, 0.4) is 0 Å². The predicted octanol–water partition coefficient (Wildman–Crippen LogP) is 0.0901. The number of rotatable bonds is 6. The summed E-state index contributed by atoms with van der Waals surface area (Å²) in [6.45, 7) is 0. The van der Waals surface area contributed by atoms with Crippen LogP contribution in [0.2, 0.25) is 0 Å². The summed E-state index contributed by atoms with van der Waals surface area (Å²) in [5, 5.41) is 37.0. The van der Waals surface area contributed by atoms with Crippen molar-refractivity contribution < 1.29 is 39.6 Å². The summed E-state index contributed by atoms with van der Waals surface area (Å²) in [6.07, 6.45) is 2.09. The van der Waals surface area contributed by atoms with Crippen molar-refractivity contribution >= 4 is 35.8 Å². The van der Waals surface area contributed by atoms with Crippen molar-refractivity contribution in [3.05, 3.63) is 41.7 Å². The first kappa shape index (κ1) is 17.7. The Labute approximate surface area is 139 Å². The maximum Gasteiger partial charge on any atom is 0.338 e. The van der Waals surface area contributed by atoms with Gasteiger partial charge in [0, 0.05) is 18.0 Å². The quantitative estimate of drug-likeness (QED) is 0.521. The van der Waals surface area contributed by atoms with Gasteiger partial charge in [-0.1, -0.05) is 18.2 Å². The highest BCUT2D eigenvalue weighted by Crippen LogP contribution is 2.32. The number of anilines is 1. The second-order valence-corrected chi connectivity index (χ2v) is 4.95. The molecule has 0 spiro atoms. The zero-order chi connectivity index (χ0) is 18.7. The van der Waals surface area contributed by atoms with Crippen molar-refractivity contribution in [1.82, 2.24) is 0 Å². The van der Waals surface area contributed by atoms with Crippen LogP contribution in [-0.2, 0) is 19.2 Å². The van der Waals surface area contributed by atoms with Gasteiger partial charge >= 0.3 is 23.9 Å². The lowest BCUT2D eigenvalue weighted by atomic mass is 10.0. The molecule has 0 amide bonds. The number of carboxylic acid groups (broad SMARTS) is 4. The third-order valence-electron chi connectivity index (χ3n) is 3.41. The molecule has 0 aromatic heterocycles. The smallest absolute Gasteiger partial charge is 0.338 e. The predicted molar refractivity (Wildman–Crippen MR) is 82.4 cm³/mol. The molecule has 1 aliphatic heterocycles. The molecule has 130 valence electrons. The zero-order valence-corrected chi connectivity index (χ0v) is 12.4. The number of nitrogens with zero attached hydrogens (tertiary/aromatic N) is 2. The van der Waals surface area contributed by atoms with Crippen LogP contribution in [0.1, 0.15) is 5.56 Å². The van der Waals surface area contributed by atoms with E-state index in [2.05, 4.69) is 4.99 Å². The summed E-state index contributed by atoms with van der Waals surface area (Å²) < 4.78 is 0. The molecule has 1 aromatic rings. The van der Waals surface area contributed by atoms with E-state index in [1.54, 1.807) is 6.07 Å². The number of aliphatic imine (C=N–C) groups is 1. The highest BCUT2D eigenvalue weighted by Gasteiger charge is 2.43. The van der Waals surface area contributed by atoms with Crippen molar-refractivity contribution in [3.8, 4) is 0 Å². The Kier molecular flexibility index (Phi) is 4.82. The molecule has 0 bridgehead atoms. The Morgan fingerprint density at radius 1 is 0.880 bits per heavy atom. The van der Waals surface area contributed by atoms with Crippen molar-refractivity contribution in [1.29, 1.82) is 0 Å². The lowest BCUT2D eigenvalue weighted by Gasteiger charge is -2.32. The fraction of sp³-hybridized carbons (Fsp3) is 0.133. The molecule has 2 rings (SSSR count). The number of hydrogen-bond acceptors (Lipinski definition) is 6. The zero-order valence-electron chi connectivity index (χ0n) is 12.4. The van der Waals surface area contributed by atoms with E-state index in [0.717, 1.165) is 6.20 Å². The van der Waals surface area contributed by atoms with E-state index in [1.807, 2.05) is 0 Å². The van der Waals surface area contributed by atoms with Gasteiger partial charge in [-0.25, -0.2) is 9.59 Å². The van der Waals surface area contributed by atoms with E-state index >= 15 is 0 Å². The molecule has 10 nitrogen and oxygen atoms in total. The number of aliphatic carboxylic acids is 4. The largest absolute Gasteiger partial charge is 0.480 e. The Bertz CT molecular complexity index is 786. The van der Waals surface area contributed by atoms with Crippen molar-refractivity contribution in [2.24, 2.45) is 10.9 Å². The fourth-order valence-electron chi connectivity index (χ4n) is 2.40. The van der Waals surface area contributed by atoms with E-state index in [9.17, 15) is 39.6 Å². The number of benzene rings is 1. The van der Waals surface area contributed by atoms with Gasteiger partial charge in [-0.2, -0.15) is 0 Å². The molecule has 0 atom stereocenters. The normalized spacial score (nSPS) is 13.2. The summed E-state index contributed by atoms with van der Waals surface area (Å²) in [5.41, 5.74) is -0.274. The van der Waals surface area contributed by atoms with Crippen LogP contribution in [0, 0.1) is 5.92 Å². The first-order valence-corrected chi connectivity index (χ1v) is 6.78. The summed E-state index contributed by atoms with van der Waals surface area (Å²) in [4.78, 5) is 50.2. The average molecular weight is 348 g/mol. The minimum atomic E-state index is -2.24. The maximum atomic E-state index is 11.5. The van der Waals surface area contributed by atoms with E-state index in [4.69, 9.17) is 0 Å². The van der Waals surface area contributed by atoms with Crippen molar-refractivity contribution in [3.63, 3.8) is 0 Å². The van der Waals surface area contributed by atoms with Gasteiger partial charge in [-0.3, -0.25) is 14.6 Å². The van der Waals surface area contributed by atoms with Gasteiger partial charge in [0.2, 0.25) is 6.04 Å². The summed E-state index contributed by atoms with van der Waals surface area (Å²) in [6, 6.07) is 3.66. The number of carboxylic acids is 4. The highest BCUT2D eigenvalue weighted by molar-refractivity contribution is 6.06. The molecule has 4 N–H and O–H groups in total. The van der Waals surface area contributed by atoms with Crippen LogP contribution in [-0.4, -0.2) is 56.6 Å². The number of hydrogen-bond donors (Lipinski definition) is 4.